The first kappa shape index (κ1) is 8.91. The Kier molecular flexibility index (Phi) is 2.04. The van der Waals surface area contributed by atoms with Crippen molar-refractivity contribution in [3.63, 3.8) is 0 Å². The van der Waals surface area contributed by atoms with Gasteiger partial charge in [-0.2, -0.15) is 9.90 Å². The zero-order valence-electron chi connectivity index (χ0n) is 8.45. The predicted octanol–water partition coefficient (Wildman–Crippen LogP) is 2.53. The minimum Gasteiger partial charge on any atom is -0.463 e. The fourth-order valence-electron chi connectivity index (χ4n) is 1.49. The van der Waals surface area contributed by atoms with Crippen LogP contribution in [0.5, 0.6) is 0 Å². The van der Waals surface area contributed by atoms with E-state index in [0.29, 0.717) is 0 Å². The average Bonchev–Trinajstić information content (AvgIpc) is 3.01. The van der Waals surface area contributed by atoms with Gasteiger partial charge in [-0.05, 0) is 24.3 Å². The number of para-hydroxylation sites is 1. The highest BCUT2D eigenvalue weighted by Crippen LogP contribution is 2.16. The SMILES string of the molecule is c1ccc(-n2ncc(-c3ccco3)n2)cc1. The second-order valence-electron chi connectivity index (χ2n) is 3.33. The van der Waals surface area contributed by atoms with Crippen molar-refractivity contribution in [2.24, 2.45) is 0 Å². The predicted molar refractivity (Wildman–Crippen MR) is 59.1 cm³/mol. The molecule has 0 atom stereocenters. The molecule has 16 heavy (non-hydrogen) atoms. The monoisotopic (exact) mass is 211 g/mol. The molecule has 0 aliphatic carbocycles. The van der Waals surface area contributed by atoms with Crippen LogP contribution in [0.3, 0.4) is 0 Å². The third-order valence-corrected chi connectivity index (χ3v) is 2.25. The molecular formula is C12H9N3O. The van der Waals surface area contributed by atoms with E-state index in [9.17, 15) is 0 Å². The molecule has 78 valence electrons. The van der Waals surface area contributed by atoms with E-state index in [2.05, 4.69) is 10.2 Å². The zero-order chi connectivity index (χ0) is 10.8. The Labute approximate surface area is 92.1 Å². The number of rotatable bonds is 2. The molecule has 0 saturated carbocycles. The van der Waals surface area contributed by atoms with Crippen LogP contribution in [0.4, 0.5) is 0 Å². The largest absolute Gasteiger partial charge is 0.463 e. The highest BCUT2D eigenvalue weighted by atomic mass is 16.3. The van der Waals surface area contributed by atoms with E-state index in [1.165, 1.54) is 0 Å². The number of aromatic nitrogens is 3. The summed E-state index contributed by atoms with van der Waals surface area (Å²) < 4.78 is 5.25. The third-order valence-electron chi connectivity index (χ3n) is 2.25. The molecule has 4 heteroatoms. The second kappa shape index (κ2) is 3.66. The summed E-state index contributed by atoms with van der Waals surface area (Å²) in [5.41, 5.74) is 1.66. The van der Waals surface area contributed by atoms with E-state index < -0.39 is 0 Å². The molecule has 0 spiro atoms. The quantitative estimate of drug-likeness (QED) is 0.654. The summed E-state index contributed by atoms with van der Waals surface area (Å²) in [7, 11) is 0. The molecule has 2 aromatic heterocycles. The van der Waals surface area contributed by atoms with Crippen molar-refractivity contribution in [1.29, 1.82) is 0 Å². The fourth-order valence-corrected chi connectivity index (χ4v) is 1.49. The normalized spacial score (nSPS) is 10.5. The Balaban J connectivity index is 2.00. The van der Waals surface area contributed by atoms with Crippen molar-refractivity contribution in [3.05, 3.63) is 54.9 Å². The molecule has 3 aromatic rings. The first-order valence-electron chi connectivity index (χ1n) is 4.95. The van der Waals surface area contributed by atoms with Crippen molar-refractivity contribution in [3.8, 4) is 17.1 Å². The lowest BCUT2D eigenvalue weighted by Crippen LogP contribution is -1.97. The lowest BCUT2D eigenvalue weighted by atomic mass is 10.3. The minimum atomic E-state index is 0.724. The molecular weight excluding hydrogens is 202 g/mol. The molecule has 0 aliphatic rings. The minimum absolute atomic E-state index is 0.724. The van der Waals surface area contributed by atoms with Crippen LogP contribution in [0, 0.1) is 0 Å². The highest BCUT2D eigenvalue weighted by Gasteiger charge is 2.06. The van der Waals surface area contributed by atoms with Crippen LogP contribution in [0.1, 0.15) is 0 Å². The molecule has 0 unspecified atom stereocenters. The Morgan fingerprint density at radius 2 is 1.88 bits per heavy atom. The summed E-state index contributed by atoms with van der Waals surface area (Å²) in [6.45, 7) is 0. The summed E-state index contributed by atoms with van der Waals surface area (Å²) in [5, 5.41) is 8.52. The maximum Gasteiger partial charge on any atom is 0.155 e. The number of hydrogen-bond donors (Lipinski definition) is 0. The van der Waals surface area contributed by atoms with E-state index in [0.717, 1.165) is 17.1 Å². The van der Waals surface area contributed by atoms with E-state index in [1.54, 1.807) is 17.3 Å². The highest BCUT2D eigenvalue weighted by molar-refractivity contribution is 5.49. The lowest BCUT2D eigenvalue weighted by molar-refractivity contribution is 0.578. The summed E-state index contributed by atoms with van der Waals surface area (Å²) in [4.78, 5) is 1.58. The van der Waals surface area contributed by atoms with Gasteiger partial charge < -0.3 is 4.42 Å². The van der Waals surface area contributed by atoms with Crippen molar-refractivity contribution in [2.45, 2.75) is 0 Å². The van der Waals surface area contributed by atoms with Crippen molar-refractivity contribution < 1.29 is 4.42 Å². The van der Waals surface area contributed by atoms with Gasteiger partial charge in [-0.1, -0.05) is 18.2 Å². The van der Waals surface area contributed by atoms with E-state index in [1.807, 2.05) is 42.5 Å². The maximum atomic E-state index is 5.25. The van der Waals surface area contributed by atoms with E-state index in [4.69, 9.17) is 4.42 Å². The summed E-state index contributed by atoms with van der Waals surface area (Å²) in [6, 6.07) is 13.4. The molecule has 0 fully saturated rings. The third kappa shape index (κ3) is 1.50. The number of hydrogen-bond acceptors (Lipinski definition) is 3. The van der Waals surface area contributed by atoms with Gasteiger partial charge in [0, 0.05) is 0 Å². The van der Waals surface area contributed by atoms with Gasteiger partial charge in [-0.3, -0.25) is 0 Å². The van der Waals surface area contributed by atoms with Gasteiger partial charge in [0.1, 0.15) is 5.69 Å². The molecule has 0 N–H and O–H groups in total. The fraction of sp³-hybridized carbons (Fsp3) is 0. The first-order chi connectivity index (χ1) is 7.93. The molecule has 0 amide bonds. The number of furan rings is 1. The molecule has 2 heterocycles. The number of benzene rings is 1. The van der Waals surface area contributed by atoms with Gasteiger partial charge in [-0.25, -0.2) is 0 Å². The molecule has 0 saturated heterocycles. The number of nitrogens with zero attached hydrogens (tertiary/aromatic N) is 3. The van der Waals surface area contributed by atoms with Crippen LogP contribution in [-0.2, 0) is 0 Å². The Morgan fingerprint density at radius 3 is 2.62 bits per heavy atom. The van der Waals surface area contributed by atoms with Crippen LogP contribution in [0.2, 0.25) is 0 Å². The van der Waals surface area contributed by atoms with Crippen LogP contribution in [-0.4, -0.2) is 15.0 Å². The van der Waals surface area contributed by atoms with E-state index >= 15 is 0 Å². The van der Waals surface area contributed by atoms with Crippen LogP contribution in [0.15, 0.2) is 59.3 Å². The molecule has 3 rings (SSSR count). The topological polar surface area (TPSA) is 43.9 Å². The lowest BCUT2D eigenvalue weighted by Gasteiger charge is -1.96. The Hall–Kier alpha value is -2.36. The molecule has 0 radical (unpaired) electrons. The Bertz CT molecular complexity index is 569. The average molecular weight is 211 g/mol. The molecule has 4 nitrogen and oxygen atoms in total. The van der Waals surface area contributed by atoms with Gasteiger partial charge in [-0.15, -0.1) is 5.10 Å². The standard InChI is InChI=1S/C12H9N3O/c1-2-5-10(6-3-1)15-13-9-11(14-15)12-7-4-8-16-12/h1-9H. The van der Waals surface area contributed by atoms with Gasteiger partial charge in [0.15, 0.2) is 5.76 Å². The van der Waals surface area contributed by atoms with Crippen LogP contribution in [0.25, 0.3) is 17.1 Å². The van der Waals surface area contributed by atoms with Crippen molar-refractivity contribution >= 4 is 0 Å². The van der Waals surface area contributed by atoms with Crippen LogP contribution >= 0.6 is 0 Å². The molecule has 1 aromatic carbocycles. The molecule has 0 bridgehead atoms. The van der Waals surface area contributed by atoms with Crippen LogP contribution < -0.4 is 0 Å². The summed E-state index contributed by atoms with van der Waals surface area (Å²) in [6.07, 6.45) is 3.31. The zero-order valence-corrected chi connectivity index (χ0v) is 8.45. The van der Waals surface area contributed by atoms with Gasteiger partial charge >= 0.3 is 0 Å². The van der Waals surface area contributed by atoms with Crippen molar-refractivity contribution in [1.82, 2.24) is 15.0 Å². The van der Waals surface area contributed by atoms with Gasteiger partial charge in [0.2, 0.25) is 0 Å². The smallest absolute Gasteiger partial charge is 0.155 e. The Morgan fingerprint density at radius 1 is 1.00 bits per heavy atom. The summed E-state index contributed by atoms with van der Waals surface area (Å²) in [5.74, 6) is 0.724. The summed E-state index contributed by atoms with van der Waals surface area (Å²) >= 11 is 0. The first-order valence-corrected chi connectivity index (χ1v) is 4.95. The van der Waals surface area contributed by atoms with Gasteiger partial charge in [0.25, 0.3) is 0 Å². The van der Waals surface area contributed by atoms with Gasteiger partial charge in [0.05, 0.1) is 18.1 Å². The maximum absolute atomic E-state index is 5.25. The second-order valence-corrected chi connectivity index (χ2v) is 3.33. The van der Waals surface area contributed by atoms with E-state index in [-0.39, 0.29) is 0 Å². The molecule has 0 aliphatic heterocycles. The van der Waals surface area contributed by atoms with Crippen molar-refractivity contribution in [2.75, 3.05) is 0 Å².